The van der Waals surface area contributed by atoms with E-state index in [1.807, 2.05) is 37.3 Å². The van der Waals surface area contributed by atoms with E-state index >= 15 is 0 Å². The fraction of sp³-hybridized carbons (Fsp3) is 0.419. The minimum Gasteiger partial charge on any atom is -0.445 e. The summed E-state index contributed by atoms with van der Waals surface area (Å²) in [4.78, 5) is 14.2. The molecule has 4 saturated heterocycles. The maximum absolute atomic E-state index is 13.8. The third kappa shape index (κ3) is 12.2. The van der Waals surface area contributed by atoms with Crippen LogP contribution in [0.15, 0.2) is 78.9 Å². The van der Waals surface area contributed by atoms with Gasteiger partial charge in [0.25, 0.3) is 0 Å². The molecular weight excluding hydrogens is 896 g/mol. The third-order valence-electron chi connectivity index (χ3n) is 10.9. The van der Waals surface area contributed by atoms with Crippen molar-refractivity contribution >= 4 is 63.3 Å². The summed E-state index contributed by atoms with van der Waals surface area (Å²) in [5.74, 6) is 10.2. The number of benzene rings is 3. The molecule has 334 valence electrons. The molecule has 0 saturated carbocycles. The molecule has 2 spiro atoms. The van der Waals surface area contributed by atoms with Gasteiger partial charge in [0.1, 0.15) is 18.2 Å². The number of nitrogens with zero attached hydrogens (tertiary/aromatic N) is 3. The smallest absolute Gasteiger partial charge is 0.410 e. The SMILES string of the molecule is C#CC#CC#CC.C[C@H]1C[C@]2(CCN1)C(O)CS(=O)(=O)N2c1cccc(F)c1.C[C@H]1C[C@]2(CCN1C(=O)OCc1ccccc1)C(O)CS(=O)(=O)N2c1cccc(F)c1.PPP. The average Bonchev–Trinajstić information content (AvgIpc) is 3.52. The summed E-state index contributed by atoms with van der Waals surface area (Å²) in [5.41, 5.74) is -0.671. The molecule has 4 heterocycles. The number of amides is 1. The van der Waals surface area contributed by atoms with Crippen LogP contribution in [0, 0.1) is 47.7 Å². The molecule has 0 radical (unpaired) electrons. The Hall–Kier alpha value is -3.86. The lowest BCUT2D eigenvalue weighted by atomic mass is 9.79. The van der Waals surface area contributed by atoms with Crippen molar-refractivity contribution in [1.82, 2.24) is 10.2 Å². The van der Waals surface area contributed by atoms with Crippen molar-refractivity contribution in [2.24, 2.45) is 0 Å². The first-order valence-corrected chi connectivity index (χ1v) is 27.4. The van der Waals surface area contributed by atoms with Crippen LogP contribution in [0.3, 0.4) is 0 Å². The Morgan fingerprint density at radius 3 is 1.85 bits per heavy atom. The van der Waals surface area contributed by atoms with E-state index in [1.165, 1.54) is 40.7 Å². The standard InChI is InChI=1S/C22H25FN2O5S.C14H19FN2O3S.C7H4.H5P3/c1-16-13-22(10-11-24(16)21(27)30-14-17-6-3-2-4-7-17)20(26)15-31(28,29)25(22)19-9-5-8-18(23)12-19;1-10-8-14(5-6-16-10)13(18)9-21(19,20)17(14)12-4-2-3-11(15)7-12;1-3-5-7-6-4-2;1-3-2/h2-9,12,16,20,26H,10-11,13-15H2,1H3;2-4,7,10,13,16,18H,5-6,8-9H2,1H3;1H,2H3;3H,1-2H2/t16-,20?,22+;10-,13?,14+;;/m00../s1. The van der Waals surface area contributed by atoms with Crippen molar-refractivity contribution in [3.8, 4) is 36.0 Å². The number of carbonyl (C=O) groups is 1. The zero-order chi connectivity index (χ0) is 45.7. The predicted octanol–water partition coefficient (Wildman–Crippen LogP) is 5.63. The summed E-state index contributed by atoms with van der Waals surface area (Å²) in [6, 6.07) is 19.9. The van der Waals surface area contributed by atoms with Gasteiger partial charge in [0.2, 0.25) is 20.0 Å². The molecule has 4 fully saturated rings. The highest BCUT2D eigenvalue weighted by molar-refractivity contribution is 8.33. The molecule has 7 rings (SSSR count). The number of rotatable bonds is 4. The second-order valence-electron chi connectivity index (χ2n) is 15.1. The number of halogens is 2. The number of piperidine rings is 2. The number of carbonyl (C=O) groups excluding carboxylic acids is 1. The van der Waals surface area contributed by atoms with Gasteiger partial charge in [-0.3, -0.25) is 8.61 Å². The Morgan fingerprint density at radius 2 is 1.39 bits per heavy atom. The van der Waals surface area contributed by atoms with E-state index in [9.17, 15) is 40.6 Å². The highest BCUT2D eigenvalue weighted by Gasteiger charge is 2.59. The predicted molar refractivity (Wildman–Crippen MR) is 249 cm³/mol. The fourth-order valence-electron chi connectivity index (χ4n) is 8.40. The maximum atomic E-state index is 13.8. The third-order valence-corrected chi connectivity index (χ3v) is 14.6. The van der Waals surface area contributed by atoms with Gasteiger partial charge in [0.05, 0.1) is 46.2 Å². The lowest BCUT2D eigenvalue weighted by molar-refractivity contribution is 0.0243. The second kappa shape index (κ2) is 22.7. The Balaban J connectivity index is 0.000000234. The monoisotopic (exact) mass is 948 g/mol. The number of nitrogens with one attached hydrogen (secondary N) is 1. The van der Waals surface area contributed by atoms with Crippen molar-refractivity contribution < 1.29 is 45.4 Å². The minimum atomic E-state index is -3.84. The molecule has 1 amide bonds. The fourth-order valence-corrected chi connectivity index (χ4v) is 12.7. The minimum absolute atomic E-state index is 0.0951. The number of terminal acetylenes is 1. The summed E-state index contributed by atoms with van der Waals surface area (Å²) >= 11 is 0. The number of ether oxygens (including phenoxy) is 1. The van der Waals surface area contributed by atoms with Gasteiger partial charge in [-0.1, -0.05) is 56.3 Å². The van der Waals surface area contributed by atoms with Crippen molar-refractivity contribution in [1.29, 1.82) is 0 Å². The molecule has 3 N–H and O–H groups in total. The Morgan fingerprint density at radius 1 is 0.855 bits per heavy atom. The van der Waals surface area contributed by atoms with Crippen LogP contribution in [0.5, 0.6) is 0 Å². The topological polar surface area (TPSA) is 157 Å². The summed E-state index contributed by atoms with van der Waals surface area (Å²) in [7, 11) is -1.43. The van der Waals surface area contributed by atoms with Crippen molar-refractivity contribution in [3.63, 3.8) is 0 Å². The molecule has 0 aliphatic carbocycles. The van der Waals surface area contributed by atoms with Crippen molar-refractivity contribution in [2.45, 2.75) is 88.4 Å². The number of hydrogen-bond acceptors (Lipinski definition) is 9. The van der Waals surface area contributed by atoms with E-state index in [4.69, 9.17) is 11.2 Å². The molecule has 12 nitrogen and oxygen atoms in total. The highest BCUT2D eigenvalue weighted by atomic mass is 32.4. The first-order chi connectivity index (χ1) is 29.4. The van der Waals surface area contributed by atoms with Crippen molar-refractivity contribution in [3.05, 3.63) is 96.1 Å². The Labute approximate surface area is 371 Å². The number of likely N-dealkylation sites (tertiary alicyclic amines) is 1. The molecule has 4 unspecified atom stereocenters. The zero-order valence-electron chi connectivity index (χ0n) is 34.7. The summed E-state index contributed by atoms with van der Waals surface area (Å²) in [5, 5.41) is 24.5. The first kappa shape index (κ1) is 50.8. The van der Waals surface area contributed by atoms with Crippen molar-refractivity contribution in [2.75, 3.05) is 33.2 Å². The molecule has 0 aromatic heterocycles. The number of anilines is 2. The normalized spacial score (nSPS) is 26.4. The van der Waals surface area contributed by atoms with Gasteiger partial charge in [0.15, 0.2) is 0 Å². The van der Waals surface area contributed by atoms with E-state index in [-0.39, 0.29) is 49.5 Å². The van der Waals surface area contributed by atoms with Crippen LogP contribution in [0.4, 0.5) is 25.0 Å². The number of hydrogen-bond donors (Lipinski definition) is 3. The molecule has 62 heavy (non-hydrogen) atoms. The largest absolute Gasteiger partial charge is 0.445 e. The van der Waals surface area contributed by atoms with Gasteiger partial charge in [-0.25, -0.2) is 30.4 Å². The summed E-state index contributed by atoms with van der Waals surface area (Å²) in [6.45, 7) is 6.45. The molecule has 0 bridgehead atoms. The molecule has 4 aliphatic heterocycles. The summed E-state index contributed by atoms with van der Waals surface area (Å²) < 4.78 is 85.9. The molecule has 19 heteroatoms. The van der Waals surface area contributed by atoms with Gasteiger partial charge in [-0.2, -0.15) is 0 Å². The van der Waals surface area contributed by atoms with Crippen LogP contribution in [0.2, 0.25) is 0 Å². The van der Waals surface area contributed by atoms with E-state index < -0.39 is 66.8 Å². The van der Waals surface area contributed by atoms with Gasteiger partial charge < -0.3 is 25.2 Å². The van der Waals surface area contributed by atoms with Crippen LogP contribution < -0.4 is 13.9 Å². The van der Waals surface area contributed by atoms with Crippen LogP contribution in [-0.2, 0) is 31.4 Å². The van der Waals surface area contributed by atoms with Crippen LogP contribution >= 0.6 is 25.8 Å². The molecule has 8 atom stereocenters. The van der Waals surface area contributed by atoms with Crippen LogP contribution in [0.1, 0.15) is 52.0 Å². The summed E-state index contributed by atoms with van der Waals surface area (Å²) in [6.07, 6.45) is 3.62. The molecule has 3 aromatic carbocycles. The van der Waals surface area contributed by atoms with Gasteiger partial charge in [-0.05, 0) is 119 Å². The quantitative estimate of drug-likeness (QED) is 0.223. The van der Waals surface area contributed by atoms with Gasteiger partial charge in [-0.15, -0.1) is 24.3 Å². The molecule has 3 aromatic rings. The van der Waals surface area contributed by atoms with E-state index in [0.29, 0.717) is 25.1 Å². The van der Waals surface area contributed by atoms with E-state index in [2.05, 4.69) is 52.8 Å². The zero-order valence-corrected chi connectivity index (χ0v) is 39.6. The lowest BCUT2D eigenvalue weighted by Gasteiger charge is -2.48. The van der Waals surface area contributed by atoms with E-state index in [0.717, 1.165) is 23.9 Å². The Bertz CT molecular complexity index is 2410. The van der Waals surface area contributed by atoms with Crippen LogP contribution in [-0.4, -0.2) is 98.0 Å². The number of aliphatic hydroxyl groups excluding tert-OH is 2. The van der Waals surface area contributed by atoms with E-state index in [1.54, 1.807) is 24.8 Å². The van der Waals surface area contributed by atoms with Gasteiger partial charge >= 0.3 is 6.09 Å². The first-order valence-electron chi connectivity index (χ1n) is 19.6. The maximum Gasteiger partial charge on any atom is 0.410 e. The Kier molecular flexibility index (Phi) is 18.6. The highest BCUT2D eigenvalue weighted by Crippen LogP contribution is 2.46. The van der Waals surface area contributed by atoms with Crippen LogP contribution in [0.25, 0.3) is 0 Å². The molecular formula is C43H53F2N4O8P3S2. The second-order valence-corrected chi connectivity index (χ2v) is 23.1. The number of aliphatic hydroxyl groups is 2. The number of sulfonamides is 2. The van der Waals surface area contributed by atoms with Gasteiger partial charge in [0, 0.05) is 18.6 Å². The molecule has 4 aliphatic rings. The average molecular weight is 949 g/mol. The lowest BCUT2D eigenvalue weighted by Crippen LogP contribution is -2.61.